The molecule has 0 saturated carbocycles. The maximum atomic E-state index is 9.70. The van der Waals surface area contributed by atoms with Gasteiger partial charge in [-0.25, -0.2) is 0 Å². The summed E-state index contributed by atoms with van der Waals surface area (Å²) in [5.74, 6) is 0. The zero-order valence-corrected chi connectivity index (χ0v) is 11.0. The predicted molar refractivity (Wildman–Crippen MR) is 53.3 cm³/mol. The molecule has 73 valence electrons. The third kappa shape index (κ3) is 2.88. The molecule has 0 amide bonds. The molecule has 0 aromatic carbocycles. The van der Waals surface area contributed by atoms with E-state index in [0.29, 0.717) is 0 Å². The van der Waals surface area contributed by atoms with E-state index in [-0.39, 0.29) is 0 Å². The van der Waals surface area contributed by atoms with Crippen LogP contribution in [-0.2, 0) is 12.5 Å². The van der Waals surface area contributed by atoms with Crippen LogP contribution in [0.15, 0.2) is 0 Å². The highest BCUT2D eigenvalue weighted by Crippen LogP contribution is 2.60. The Labute approximate surface area is 75.9 Å². The second kappa shape index (κ2) is 2.85. The summed E-state index contributed by atoms with van der Waals surface area (Å²) in [5.41, 5.74) is 0. The lowest BCUT2D eigenvalue weighted by Gasteiger charge is -2.46. The highest BCUT2D eigenvalue weighted by Gasteiger charge is 2.49. The molecule has 1 aliphatic heterocycles. The van der Waals surface area contributed by atoms with E-state index in [0.717, 1.165) is 0 Å². The van der Waals surface area contributed by atoms with Gasteiger partial charge in [-0.05, 0) is 26.2 Å². The molecule has 0 bridgehead atoms. The van der Waals surface area contributed by atoms with Gasteiger partial charge in [-0.3, -0.25) is 0 Å². The van der Waals surface area contributed by atoms with Crippen LogP contribution in [0.1, 0.15) is 0 Å². The quantitative estimate of drug-likeness (QED) is 0.507. The summed E-state index contributed by atoms with van der Waals surface area (Å²) in [6.07, 6.45) is 0. The van der Waals surface area contributed by atoms with Gasteiger partial charge < -0.3 is 17.4 Å². The molecular weight excluding hydrogens is 211 g/mol. The molecule has 1 saturated heterocycles. The molecule has 7 heteroatoms. The van der Waals surface area contributed by atoms with Crippen LogP contribution in [0.25, 0.3) is 0 Å². The number of hydrogen-bond acceptors (Lipinski definition) is 4. The van der Waals surface area contributed by atoms with E-state index in [2.05, 4.69) is 0 Å². The second-order valence-corrected chi connectivity index (χ2v) is 13.4. The Morgan fingerprint density at radius 1 is 1.00 bits per heavy atom. The first-order valence-corrected chi connectivity index (χ1v) is 11.5. The van der Waals surface area contributed by atoms with Crippen LogP contribution in [0.2, 0.25) is 26.2 Å². The van der Waals surface area contributed by atoms with Crippen LogP contribution in [0.3, 0.4) is 0 Å². The van der Waals surface area contributed by atoms with Crippen LogP contribution >= 0.6 is 7.94 Å². The van der Waals surface area contributed by atoms with Crippen LogP contribution in [-0.4, -0.2) is 28.7 Å². The minimum Gasteiger partial charge on any atom is -0.415 e. The van der Waals surface area contributed by atoms with Crippen molar-refractivity contribution < 1.29 is 17.4 Å². The Morgan fingerprint density at radius 2 is 1.33 bits per heavy atom. The van der Waals surface area contributed by atoms with Crippen LogP contribution in [0, 0.1) is 0 Å². The van der Waals surface area contributed by atoms with E-state index in [1.54, 1.807) is 6.66 Å². The van der Waals surface area contributed by atoms with Crippen molar-refractivity contribution in [3.63, 3.8) is 0 Å². The normalized spacial score (nSPS) is 31.5. The molecule has 12 heavy (non-hydrogen) atoms. The SMILES string of the molecule is C[Si]1(C)O[Si](C)(C)O[P](C)(O)O1. The van der Waals surface area contributed by atoms with Gasteiger partial charge in [0.1, 0.15) is 0 Å². The molecule has 1 rings (SSSR count). The first-order chi connectivity index (χ1) is 5.12. The molecule has 1 N–H and O–H groups in total. The standard InChI is InChI=1S/C5H16O4PSi2/c1-10(6)7-11(2,3)9-12(4,5)8-10/h6H,1-5H3. The molecule has 0 atom stereocenters. The first-order valence-electron chi connectivity index (χ1n) is 3.83. The second-order valence-electron chi connectivity index (χ2n) is 3.89. The lowest BCUT2D eigenvalue weighted by Crippen LogP contribution is -2.52. The zero-order chi connectivity index (χ0) is 9.62. The molecule has 1 aliphatic rings. The monoisotopic (exact) mass is 227 g/mol. The maximum Gasteiger partial charge on any atom is 0.330 e. The van der Waals surface area contributed by atoms with Crippen LogP contribution < -0.4 is 0 Å². The molecule has 0 aliphatic carbocycles. The molecule has 1 fully saturated rings. The van der Waals surface area contributed by atoms with Gasteiger partial charge in [0.05, 0.1) is 0 Å². The number of hydrogen-bond donors (Lipinski definition) is 1. The van der Waals surface area contributed by atoms with Crippen molar-refractivity contribution >= 4 is 25.1 Å². The van der Waals surface area contributed by atoms with Gasteiger partial charge in [0.15, 0.2) is 0 Å². The minimum absolute atomic E-state index is 1.62. The Kier molecular flexibility index (Phi) is 2.56. The molecule has 0 aromatic heterocycles. The summed E-state index contributed by atoms with van der Waals surface area (Å²) < 4.78 is 16.5. The van der Waals surface area contributed by atoms with Gasteiger partial charge in [-0.1, -0.05) is 0 Å². The van der Waals surface area contributed by atoms with Gasteiger partial charge in [-0.2, -0.15) is 0 Å². The smallest absolute Gasteiger partial charge is 0.330 e. The molecule has 0 spiro atoms. The van der Waals surface area contributed by atoms with Gasteiger partial charge >= 0.3 is 17.1 Å². The fourth-order valence-corrected chi connectivity index (χ4v) is 14.2. The molecule has 1 heterocycles. The van der Waals surface area contributed by atoms with Crippen LogP contribution in [0.5, 0.6) is 0 Å². The van der Waals surface area contributed by atoms with E-state index in [1.807, 2.05) is 26.2 Å². The topological polar surface area (TPSA) is 47.9 Å². The van der Waals surface area contributed by atoms with Crippen molar-refractivity contribution in [1.29, 1.82) is 0 Å². The Bertz CT molecular complexity index is 149. The minimum atomic E-state index is -2.58. The maximum absolute atomic E-state index is 9.70. The Morgan fingerprint density at radius 3 is 1.58 bits per heavy atom. The third-order valence-electron chi connectivity index (χ3n) is 1.27. The summed E-state index contributed by atoms with van der Waals surface area (Å²) in [4.78, 5) is 9.70. The molecule has 1 radical (unpaired) electrons. The fourth-order valence-electron chi connectivity index (χ4n) is 1.46. The predicted octanol–water partition coefficient (Wildman–Crippen LogP) is 1.84. The summed E-state index contributed by atoms with van der Waals surface area (Å²) in [6, 6.07) is 0. The van der Waals surface area contributed by atoms with Gasteiger partial charge in [0.25, 0.3) is 0 Å². The van der Waals surface area contributed by atoms with E-state index >= 15 is 0 Å². The lowest BCUT2D eigenvalue weighted by molar-refractivity contribution is 0.233. The molecule has 0 unspecified atom stereocenters. The summed E-state index contributed by atoms with van der Waals surface area (Å²) in [6.45, 7) is 9.34. The number of rotatable bonds is 0. The van der Waals surface area contributed by atoms with Crippen molar-refractivity contribution in [2.45, 2.75) is 26.2 Å². The van der Waals surface area contributed by atoms with E-state index < -0.39 is 25.1 Å². The van der Waals surface area contributed by atoms with Gasteiger partial charge in [-0.15, -0.1) is 0 Å². The van der Waals surface area contributed by atoms with Crippen molar-refractivity contribution in [3.05, 3.63) is 0 Å². The van der Waals surface area contributed by atoms with Crippen LogP contribution in [0.4, 0.5) is 0 Å². The first kappa shape index (κ1) is 10.8. The average molecular weight is 227 g/mol. The summed E-state index contributed by atoms with van der Waals surface area (Å²) in [7, 11) is -6.83. The van der Waals surface area contributed by atoms with Crippen molar-refractivity contribution in [3.8, 4) is 0 Å². The fraction of sp³-hybridized carbons (Fsp3) is 1.00. The van der Waals surface area contributed by atoms with Gasteiger partial charge in [0.2, 0.25) is 7.94 Å². The highest BCUT2D eigenvalue weighted by atomic mass is 31.2. The molecular formula is C5H16O4PSi2. The van der Waals surface area contributed by atoms with Gasteiger partial charge in [0, 0.05) is 6.66 Å². The van der Waals surface area contributed by atoms with E-state index in [9.17, 15) is 4.89 Å². The Balaban J connectivity index is 2.81. The highest BCUT2D eigenvalue weighted by molar-refractivity contribution is 7.63. The summed E-state index contributed by atoms with van der Waals surface area (Å²) >= 11 is 0. The Hall–Kier alpha value is 0.704. The molecule has 4 nitrogen and oxygen atoms in total. The summed E-state index contributed by atoms with van der Waals surface area (Å²) in [5, 5.41) is 0. The molecule has 0 aromatic rings. The lowest BCUT2D eigenvalue weighted by atomic mass is 11.9. The van der Waals surface area contributed by atoms with E-state index in [1.165, 1.54) is 0 Å². The third-order valence-corrected chi connectivity index (χ3v) is 11.4. The van der Waals surface area contributed by atoms with E-state index in [4.69, 9.17) is 12.5 Å². The van der Waals surface area contributed by atoms with Crippen molar-refractivity contribution in [1.82, 2.24) is 0 Å². The average Bonchev–Trinajstić information content (AvgIpc) is 1.44. The largest absolute Gasteiger partial charge is 0.415 e. The zero-order valence-electron chi connectivity index (χ0n) is 8.12. The van der Waals surface area contributed by atoms with Crippen molar-refractivity contribution in [2.75, 3.05) is 6.66 Å². The van der Waals surface area contributed by atoms with Crippen molar-refractivity contribution in [2.24, 2.45) is 0 Å².